The lowest BCUT2D eigenvalue weighted by Gasteiger charge is -2.32. The van der Waals surface area contributed by atoms with Gasteiger partial charge in [0.1, 0.15) is 12.1 Å². The molecule has 0 spiro atoms. The highest BCUT2D eigenvalue weighted by atomic mass is 35.5. The van der Waals surface area contributed by atoms with E-state index in [1.807, 2.05) is 18.6 Å². The number of nitrogens with zero attached hydrogens (tertiary/aromatic N) is 2. The van der Waals surface area contributed by atoms with Crippen LogP contribution in [0.5, 0.6) is 0 Å². The van der Waals surface area contributed by atoms with Crippen LogP contribution in [0.4, 0.5) is 0 Å². The van der Waals surface area contributed by atoms with Crippen LogP contribution in [-0.4, -0.2) is 40.7 Å². The standard InChI is InChI=1S/C24H31N3O4.2ClH/c1-30-24(29)19(25)11-12-23(28)31-22(16-7-3-2-4-8-16)13-20-17-9-5-6-10-18(17)21-14-26-15-27(20)21;;/h5-6,9-10,14-16,19-20,22H,2-4,7-8,11-13,25H2,1H3;2*1H. The fourth-order valence-electron chi connectivity index (χ4n) is 5.01. The lowest BCUT2D eigenvalue weighted by Crippen LogP contribution is -2.34. The summed E-state index contributed by atoms with van der Waals surface area (Å²) >= 11 is 0. The number of nitrogens with two attached hydrogens (primary N) is 1. The molecule has 1 aliphatic heterocycles. The Kier molecular flexibility index (Phi) is 10.2. The molecule has 3 unspecified atom stereocenters. The third kappa shape index (κ3) is 6.08. The molecule has 1 aromatic heterocycles. The molecule has 1 aromatic carbocycles. The van der Waals surface area contributed by atoms with Crippen molar-refractivity contribution in [1.82, 2.24) is 9.55 Å². The van der Waals surface area contributed by atoms with Gasteiger partial charge in [-0.1, -0.05) is 43.5 Å². The molecule has 1 aliphatic carbocycles. The van der Waals surface area contributed by atoms with Crippen molar-refractivity contribution in [1.29, 1.82) is 0 Å². The van der Waals surface area contributed by atoms with E-state index in [1.165, 1.54) is 37.5 Å². The average Bonchev–Trinajstić information content (AvgIpc) is 3.39. The van der Waals surface area contributed by atoms with E-state index in [4.69, 9.17) is 10.5 Å². The van der Waals surface area contributed by atoms with E-state index in [2.05, 4.69) is 32.5 Å². The normalized spacial score (nSPS) is 18.7. The second kappa shape index (κ2) is 12.4. The van der Waals surface area contributed by atoms with Crippen molar-refractivity contribution in [3.63, 3.8) is 0 Å². The smallest absolute Gasteiger partial charge is 0.322 e. The molecule has 1 saturated carbocycles. The van der Waals surface area contributed by atoms with E-state index >= 15 is 0 Å². The number of ether oxygens (including phenoxy) is 2. The van der Waals surface area contributed by atoms with Crippen molar-refractivity contribution >= 4 is 36.8 Å². The third-order valence-corrected chi connectivity index (χ3v) is 6.67. The first-order valence-corrected chi connectivity index (χ1v) is 11.2. The van der Waals surface area contributed by atoms with E-state index in [-0.39, 0.29) is 55.8 Å². The van der Waals surface area contributed by atoms with Crippen LogP contribution >= 0.6 is 24.8 Å². The molecule has 2 heterocycles. The summed E-state index contributed by atoms with van der Waals surface area (Å²) in [6.07, 6.45) is 10.4. The van der Waals surface area contributed by atoms with Crippen LogP contribution in [0.1, 0.15) is 63.0 Å². The maximum Gasteiger partial charge on any atom is 0.322 e. The topological polar surface area (TPSA) is 96.4 Å². The number of rotatable bonds is 8. The summed E-state index contributed by atoms with van der Waals surface area (Å²) in [6.45, 7) is 0. The summed E-state index contributed by atoms with van der Waals surface area (Å²) in [5.41, 5.74) is 9.34. The van der Waals surface area contributed by atoms with Crippen LogP contribution in [0.3, 0.4) is 0 Å². The van der Waals surface area contributed by atoms with Gasteiger partial charge in [0, 0.05) is 18.4 Å². The van der Waals surface area contributed by atoms with Crippen molar-refractivity contribution in [2.24, 2.45) is 11.7 Å². The Morgan fingerprint density at radius 1 is 1.18 bits per heavy atom. The molecule has 2 N–H and O–H groups in total. The molecule has 1 fully saturated rings. The molecule has 7 nitrogen and oxygen atoms in total. The van der Waals surface area contributed by atoms with Crippen molar-refractivity contribution in [3.8, 4) is 11.3 Å². The van der Waals surface area contributed by atoms with Crippen molar-refractivity contribution in [3.05, 3.63) is 42.4 Å². The first-order valence-electron chi connectivity index (χ1n) is 11.2. The Bertz CT molecular complexity index is 930. The van der Waals surface area contributed by atoms with Gasteiger partial charge in [0.05, 0.1) is 31.4 Å². The van der Waals surface area contributed by atoms with Crippen LogP contribution in [0, 0.1) is 5.92 Å². The minimum absolute atomic E-state index is 0. The molecule has 3 atom stereocenters. The van der Waals surface area contributed by atoms with Gasteiger partial charge < -0.3 is 19.8 Å². The molecule has 0 radical (unpaired) electrons. The summed E-state index contributed by atoms with van der Waals surface area (Å²) in [4.78, 5) is 28.5. The predicted octanol–water partition coefficient (Wildman–Crippen LogP) is 4.46. The summed E-state index contributed by atoms with van der Waals surface area (Å²) in [7, 11) is 1.30. The number of esters is 2. The molecule has 33 heavy (non-hydrogen) atoms. The number of carbonyl (C=O) groups excluding carboxylic acids is 2. The maximum absolute atomic E-state index is 12.7. The Morgan fingerprint density at radius 3 is 2.64 bits per heavy atom. The van der Waals surface area contributed by atoms with Gasteiger partial charge in [0.15, 0.2) is 0 Å². The molecular formula is C24H33Cl2N3O4. The Hall–Kier alpha value is -2.09. The lowest BCUT2D eigenvalue weighted by molar-refractivity contribution is -0.154. The zero-order valence-electron chi connectivity index (χ0n) is 18.9. The molecule has 0 amide bonds. The Morgan fingerprint density at radius 2 is 1.91 bits per heavy atom. The monoisotopic (exact) mass is 497 g/mol. The number of carbonyl (C=O) groups is 2. The highest BCUT2D eigenvalue weighted by molar-refractivity contribution is 5.85. The minimum Gasteiger partial charge on any atom is -0.468 e. The molecule has 9 heteroatoms. The summed E-state index contributed by atoms with van der Waals surface area (Å²) in [5.74, 6) is -0.453. The SMILES string of the molecule is COC(=O)C(N)CCC(=O)OC(CC1c2ccccc2-c2cncn21)C1CCCCC1.Cl.Cl. The van der Waals surface area contributed by atoms with E-state index in [9.17, 15) is 9.59 Å². The van der Waals surface area contributed by atoms with Gasteiger partial charge in [-0.3, -0.25) is 9.59 Å². The van der Waals surface area contributed by atoms with Crippen LogP contribution in [0.25, 0.3) is 11.3 Å². The van der Waals surface area contributed by atoms with E-state index in [0.717, 1.165) is 25.0 Å². The quantitative estimate of drug-likeness (QED) is 0.540. The molecule has 182 valence electrons. The van der Waals surface area contributed by atoms with Crippen LogP contribution in [0.15, 0.2) is 36.8 Å². The number of hydrogen-bond acceptors (Lipinski definition) is 6. The summed E-state index contributed by atoms with van der Waals surface area (Å²) in [5, 5.41) is 0. The Balaban J connectivity index is 0.00000193. The third-order valence-electron chi connectivity index (χ3n) is 6.67. The fourth-order valence-corrected chi connectivity index (χ4v) is 5.01. The van der Waals surface area contributed by atoms with Gasteiger partial charge >= 0.3 is 11.9 Å². The highest BCUT2D eigenvalue weighted by Gasteiger charge is 2.35. The van der Waals surface area contributed by atoms with Gasteiger partial charge in [0.2, 0.25) is 0 Å². The minimum atomic E-state index is -0.805. The summed E-state index contributed by atoms with van der Waals surface area (Å²) in [6, 6.07) is 7.68. The number of benzene rings is 1. The van der Waals surface area contributed by atoms with Crippen LogP contribution in [-0.2, 0) is 19.1 Å². The zero-order valence-corrected chi connectivity index (χ0v) is 20.5. The molecule has 0 saturated heterocycles. The van der Waals surface area contributed by atoms with E-state index in [0.29, 0.717) is 5.92 Å². The van der Waals surface area contributed by atoms with Gasteiger partial charge in [0.25, 0.3) is 0 Å². The molecule has 2 aromatic rings. The van der Waals surface area contributed by atoms with Crippen molar-refractivity contribution in [2.45, 2.75) is 69.6 Å². The summed E-state index contributed by atoms with van der Waals surface area (Å²) < 4.78 is 12.9. The predicted molar refractivity (Wildman–Crippen MR) is 131 cm³/mol. The number of halogens is 2. The van der Waals surface area contributed by atoms with Crippen LogP contribution < -0.4 is 5.73 Å². The number of hydrogen-bond donors (Lipinski definition) is 1. The van der Waals surface area contributed by atoms with Gasteiger partial charge in [-0.15, -0.1) is 24.8 Å². The maximum atomic E-state index is 12.7. The largest absolute Gasteiger partial charge is 0.468 e. The van der Waals surface area contributed by atoms with Gasteiger partial charge in [-0.2, -0.15) is 0 Å². The molecular weight excluding hydrogens is 465 g/mol. The van der Waals surface area contributed by atoms with E-state index in [1.54, 1.807) is 0 Å². The van der Waals surface area contributed by atoms with Gasteiger partial charge in [-0.05, 0) is 30.7 Å². The highest BCUT2D eigenvalue weighted by Crippen LogP contribution is 2.43. The van der Waals surface area contributed by atoms with Crippen molar-refractivity contribution < 1.29 is 19.1 Å². The average molecular weight is 498 g/mol. The van der Waals surface area contributed by atoms with Crippen molar-refractivity contribution in [2.75, 3.05) is 7.11 Å². The fraction of sp³-hybridized carbons (Fsp3) is 0.542. The second-order valence-corrected chi connectivity index (χ2v) is 8.62. The number of fused-ring (bicyclic) bond motifs is 3. The molecule has 2 aliphatic rings. The lowest BCUT2D eigenvalue weighted by atomic mass is 9.82. The van der Waals surface area contributed by atoms with E-state index < -0.39 is 12.0 Å². The number of imidazole rings is 1. The first-order chi connectivity index (χ1) is 15.1. The second-order valence-electron chi connectivity index (χ2n) is 8.62. The Labute approximate surface area is 207 Å². The number of methoxy groups -OCH3 is 1. The van der Waals surface area contributed by atoms with Gasteiger partial charge in [-0.25, -0.2) is 4.98 Å². The zero-order chi connectivity index (χ0) is 21.8. The molecule has 0 bridgehead atoms. The number of aromatic nitrogens is 2. The molecule has 4 rings (SSSR count). The van der Waals surface area contributed by atoms with Crippen LogP contribution in [0.2, 0.25) is 0 Å². The first kappa shape index (κ1) is 27.2.